The number of hydrogen-bond donors (Lipinski definition) is 0. The molecule has 0 N–H and O–H groups in total. The molecular weight excluding hydrogens is 271 g/mol. The van der Waals surface area contributed by atoms with Gasteiger partial charge in [0, 0.05) is 11.1 Å². The average molecular weight is 286 g/mol. The maximum atomic E-state index is 13.9. The van der Waals surface area contributed by atoms with Crippen LogP contribution in [-0.4, -0.2) is 19.8 Å². The normalized spacial score (nSPS) is 20.0. The van der Waals surface area contributed by atoms with E-state index in [1.165, 1.54) is 0 Å². The first kappa shape index (κ1) is 13.6. The highest BCUT2D eigenvalue weighted by Gasteiger charge is 2.47. The quantitative estimate of drug-likeness (QED) is 0.811. The summed E-state index contributed by atoms with van der Waals surface area (Å²) in [5.41, 5.74) is 1.19. The Labute approximate surface area is 122 Å². The number of hydrogen-bond acceptors (Lipinski definition) is 3. The molecule has 2 aromatic rings. The molecule has 1 unspecified atom stereocenters. The minimum atomic E-state index is -1.35. The zero-order valence-electron chi connectivity index (χ0n) is 11.9. The molecule has 0 aliphatic carbocycles. The third-order valence-electron chi connectivity index (χ3n) is 3.84. The highest BCUT2D eigenvalue weighted by atomic mass is 19.1. The van der Waals surface area contributed by atoms with Gasteiger partial charge in [0.05, 0.1) is 12.7 Å². The molecule has 0 fully saturated rings. The number of alkyl halides is 1. The second-order valence-electron chi connectivity index (χ2n) is 5.13. The van der Waals surface area contributed by atoms with Crippen molar-refractivity contribution < 1.29 is 18.7 Å². The van der Waals surface area contributed by atoms with Crippen LogP contribution in [-0.2, 0) is 10.3 Å². The molecule has 2 aromatic carbocycles. The zero-order chi connectivity index (χ0) is 15.0. The fourth-order valence-corrected chi connectivity index (χ4v) is 2.70. The number of benzene rings is 2. The third-order valence-corrected chi connectivity index (χ3v) is 3.84. The fourth-order valence-electron chi connectivity index (χ4n) is 2.70. The van der Waals surface area contributed by atoms with Crippen LogP contribution in [0.15, 0.2) is 42.5 Å². The molecule has 0 aromatic heterocycles. The van der Waals surface area contributed by atoms with Gasteiger partial charge in [0.1, 0.15) is 12.4 Å². The number of ether oxygens (including phenoxy) is 2. The van der Waals surface area contributed by atoms with E-state index in [1.54, 1.807) is 43.5 Å². The minimum absolute atomic E-state index is 0.434. The third kappa shape index (κ3) is 1.98. The molecular formula is C17H15FO3. The number of methoxy groups -OCH3 is 1. The number of rotatable bonds is 3. The van der Waals surface area contributed by atoms with Gasteiger partial charge in [-0.15, -0.1) is 0 Å². The lowest BCUT2D eigenvalue weighted by Crippen LogP contribution is -2.30. The molecule has 3 rings (SSSR count). The first-order chi connectivity index (χ1) is 10.1. The van der Waals surface area contributed by atoms with E-state index in [4.69, 9.17) is 9.47 Å². The molecule has 0 spiro atoms. The van der Waals surface area contributed by atoms with Crippen LogP contribution < -0.4 is 4.74 Å². The number of aryl methyl sites for hydroxylation is 1. The van der Waals surface area contributed by atoms with Gasteiger partial charge >= 0.3 is 5.97 Å². The Kier molecular flexibility index (Phi) is 3.16. The van der Waals surface area contributed by atoms with Crippen LogP contribution in [0, 0.1) is 6.92 Å². The van der Waals surface area contributed by atoms with E-state index in [1.807, 2.05) is 13.0 Å². The van der Waals surface area contributed by atoms with E-state index in [9.17, 15) is 9.18 Å². The summed E-state index contributed by atoms with van der Waals surface area (Å²) in [6.45, 7) is 1.08. The predicted octanol–water partition coefficient (Wildman–Crippen LogP) is 3.39. The van der Waals surface area contributed by atoms with Gasteiger partial charge in [0.15, 0.2) is 5.60 Å². The second kappa shape index (κ2) is 4.88. The summed E-state index contributed by atoms with van der Waals surface area (Å²) < 4.78 is 24.4. The maximum Gasteiger partial charge on any atom is 0.339 e. The van der Waals surface area contributed by atoms with Crippen LogP contribution >= 0.6 is 0 Å². The van der Waals surface area contributed by atoms with Crippen LogP contribution in [0.3, 0.4) is 0 Å². The van der Waals surface area contributed by atoms with Gasteiger partial charge < -0.3 is 9.47 Å². The summed E-state index contributed by atoms with van der Waals surface area (Å²) in [4.78, 5) is 12.1. The molecule has 3 nitrogen and oxygen atoms in total. The van der Waals surface area contributed by atoms with Crippen molar-refractivity contribution in [3.63, 3.8) is 0 Å². The molecule has 0 saturated carbocycles. The Balaban J connectivity index is 2.16. The van der Waals surface area contributed by atoms with Gasteiger partial charge in [-0.1, -0.05) is 29.8 Å². The molecule has 0 bridgehead atoms. The van der Waals surface area contributed by atoms with Crippen molar-refractivity contribution in [1.82, 2.24) is 0 Å². The molecule has 1 heterocycles. The summed E-state index contributed by atoms with van der Waals surface area (Å²) >= 11 is 0. The average Bonchev–Trinajstić information content (AvgIpc) is 2.80. The van der Waals surface area contributed by atoms with Crippen LogP contribution in [0.2, 0.25) is 0 Å². The smallest absolute Gasteiger partial charge is 0.339 e. The number of carbonyl (C=O) groups excluding carboxylic acids is 1. The molecule has 1 aliphatic rings. The molecule has 0 saturated heterocycles. The van der Waals surface area contributed by atoms with Crippen molar-refractivity contribution in [1.29, 1.82) is 0 Å². The zero-order valence-corrected chi connectivity index (χ0v) is 11.9. The van der Waals surface area contributed by atoms with E-state index in [0.717, 1.165) is 5.56 Å². The Hall–Kier alpha value is -2.36. The molecule has 0 radical (unpaired) electrons. The highest BCUT2D eigenvalue weighted by molar-refractivity contribution is 5.95. The molecule has 108 valence electrons. The number of cyclic esters (lactones) is 1. The van der Waals surface area contributed by atoms with E-state index in [0.29, 0.717) is 22.4 Å². The summed E-state index contributed by atoms with van der Waals surface area (Å²) in [5.74, 6) is 0.184. The minimum Gasteiger partial charge on any atom is -0.497 e. The Bertz CT molecular complexity index is 694. The molecule has 1 aliphatic heterocycles. The second-order valence-corrected chi connectivity index (χ2v) is 5.13. The monoisotopic (exact) mass is 286 g/mol. The summed E-state index contributed by atoms with van der Waals surface area (Å²) in [6.07, 6.45) is 0. The molecule has 0 amide bonds. The summed E-state index contributed by atoms with van der Waals surface area (Å²) in [6, 6.07) is 12.3. The topological polar surface area (TPSA) is 35.5 Å². The lowest BCUT2D eigenvalue weighted by atomic mass is 9.86. The van der Waals surface area contributed by atoms with Crippen molar-refractivity contribution in [2.75, 3.05) is 13.8 Å². The molecule has 4 heteroatoms. The number of esters is 1. The van der Waals surface area contributed by atoms with Gasteiger partial charge in [0.2, 0.25) is 0 Å². The number of carbonyl (C=O) groups is 1. The number of fused-ring (bicyclic) bond motifs is 1. The fraction of sp³-hybridized carbons (Fsp3) is 0.235. The van der Waals surface area contributed by atoms with Crippen LogP contribution in [0.25, 0.3) is 0 Å². The van der Waals surface area contributed by atoms with Crippen LogP contribution in [0.5, 0.6) is 5.75 Å². The van der Waals surface area contributed by atoms with Crippen LogP contribution in [0.1, 0.15) is 27.0 Å². The van der Waals surface area contributed by atoms with Crippen molar-refractivity contribution in [3.8, 4) is 5.75 Å². The molecule has 1 atom stereocenters. The van der Waals surface area contributed by atoms with Crippen LogP contribution in [0.4, 0.5) is 4.39 Å². The first-order valence-electron chi connectivity index (χ1n) is 6.65. The lowest BCUT2D eigenvalue weighted by molar-refractivity contribution is 0.000380. The number of halogens is 1. The van der Waals surface area contributed by atoms with Crippen molar-refractivity contribution in [2.45, 2.75) is 12.5 Å². The molecule has 21 heavy (non-hydrogen) atoms. The van der Waals surface area contributed by atoms with E-state index in [-0.39, 0.29) is 0 Å². The Morgan fingerprint density at radius 2 is 1.90 bits per heavy atom. The van der Waals surface area contributed by atoms with Gasteiger partial charge in [-0.25, -0.2) is 9.18 Å². The lowest BCUT2D eigenvalue weighted by Gasteiger charge is -2.26. The van der Waals surface area contributed by atoms with Gasteiger partial charge in [0.25, 0.3) is 0 Å². The van der Waals surface area contributed by atoms with E-state index in [2.05, 4.69) is 0 Å². The Morgan fingerprint density at radius 1 is 1.19 bits per heavy atom. The highest BCUT2D eigenvalue weighted by Crippen LogP contribution is 2.43. The largest absolute Gasteiger partial charge is 0.497 e. The standard InChI is InChI=1S/C17H15FO3/c1-11-3-8-15-14(9-11)16(19)21-17(15,10-18)12-4-6-13(20-2)7-5-12/h3-9H,10H2,1-2H3. The predicted molar refractivity (Wildman–Crippen MR) is 76.3 cm³/mol. The van der Waals surface area contributed by atoms with Gasteiger partial charge in [-0.05, 0) is 25.1 Å². The van der Waals surface area contributed by atoms with Crippen molar-refractivity contribution >= 4 is 5.97 Å². The van der Waals surface area contributed by atoms with Crippen molar-refractivity contribution in [3.05, 3.63) is 64.7 Å². The van der Waals surface area contributed by atoms with Gasteiger partial charge in [-0.2, -0.15) is 0 Å². The van der Waals surface area contributed by atoms with Gasteiger partial charge in [-0.3, -0.25) is 0 Å². The SMILES string of the molecule is COc1ccc(C2(CF)OC(=O)c3cc(C)ccc32)cc1. The summed E-state index contributed by atoms with van der Waals surface area (Å²) in [7, 11) is 1.56. The van der Waals surface area contributed by atoms with Crippen molar-refractivity contribution in [2.24, 2.45) is 0 Å². The Morgan fingerprint density at radius 3 is 2.52 bits per heavy atom. The maximum absolute atomic E-state index is 13.9. The summed E-state index contributed by atoms with van der Waals surface area (Å²) in [5, 5.41) is 0. The van der Waals surface area contributed by atoms with E-state index < -0.39 is 18.2 Å². The first-order valence-corrected chi connectivity index (χ1v) is 6.65. The van der Waals surface area contributed by atoms with E-state index >= 15 is 0 Å².